The van der Waals surface area contributed by atoms with Gasteiger partial charge in [0.15, 0.2) is 0 Å². The summed E-state index contributed by atoms with van der Waals surface area (Å²) in [4.78, 5) is 38.6. The van der Waals surface area contributed by atoms with Crippen molar-refractivity contribution in [2.24, 2.45) is 5.92 Å². The van der Waals surface area contributed by atoms with Crippen LogP contribution in [0.15, 0.2) is 18.2 Å². The van der Waals surface area contributed by atoms with Crippen LogP contribution in [0, 0.1) is 16.0 Å². The Morgan fingerprint density at radius 1 is 1.30 bits per heavy atom. The Kier molecular flexibility index (Phi) is 5.08. The fourth-order valence-corrected chi connectivity index (χ4v) is 3.55. The van der Waals surface area contributed by atoms with Gasteiger partial charge in [0, 0.05) is 38.3 Å². The molecule has 0 aromatic heterocycles. The van der Waals surface area contributed by atoms with Gasteiger partial charge in [-0.3, -0.25) is 14.9 Å². The van der Waals surface area contributed by atoms with Gasteiger partial charge in [-0.1, -0.05) is 0 Å². The average molecular weight is 375 g/mol. The Balaban J connectivity index is 1.55. The minimum Gasteiger partial charge on any atom is -0.444 e. The lowest BCUT2D eigenvalue weighted by Gasteiger charge is -2.34. The summed E-state index contributed by atoms with van der Waals surface area (Å²) in [5, 5.41) is 10.9. The molecule has 0 radical (unpaired) electrons. The van der Waals surface area contributed by atoms with E-state index in [0.29, 0.717) is 37.7 Å². The van der Waals surface area contributed by atoms with E-state index in [0.717, 1.165) is 18.4 Å². The first kappa shape index (κ1) is 19.1. The average Bonchev–Trinajstić information content (AvgIpc) is 2.89. The van der Waals surface area contributed by atoms with Crippen molar-refractivity contribution < 1.29 is 19.2 Å². The van der Waals surface area contributed by atoms with E-state index in [-0.39, 0.29) is 17.7 Å². The van der Waals surface area contributed by atoms with E-state index in [1.807, 2.05) is 20.8 Å². The zero-order valence-corrected chi connectivity index (χ0v) is 15.9. The molecule has 2 aliphatic heterocycles. The second-order valence-electron chi connectivity index (χ2n) is 8.20. The molecule has 1 saturated heterocycles. The molecule has 0 saturated carbocycles. The number of fused-ring (bicyclic) bond motifs is 1. The van der Waals surface area contributed by atoms with Gasteiger partial charge in [-0.15, -0.1) is 0 Å². The maximum absolute atomic E-state index is 12.6. The second-order valence-corrected chi connectivity index (χ2v) is 8.20. The largest absolute Gasteiger partial charge is 0.444 e. The molecule has 1 fully saturated rings. The number of hydrogen-bond acceptors (Lipinski definition) is 5. The summed E-state index contributed by atoms with van der Waals surface area (Å²) in [6, 6.07) is 4.47. The quantitative estimate of drug-likeness (QED) is 0.597. The molecule has 2 amide bonds. The van der Waals surface area contributed by atoms with Crippen LogP contribution >= 0.6 is 0 Å². The highest BCUT2D eigenvalue weighted by molar-refractivity contribution is 5.99. The molecule has 1 aromatic rings. The van der Waals surface area contributed by atoms with Crippen LogP contribution in [0.25, 0.3) is 0 Å². The number of carbonyl (C=O) groups excluding carboxylic acids is 2. The summed E-state index contributed by atoms with van der Waals surface area (Å²) in [5.41, 5.74) is 0.686. The Bertz CT molecular complexity index is 763. The standard InChI is InChI=1S/C19H25N3O5/c1-19(2,3)27-18(24)20-8-6-13(7-9-20)11-21-12-14-4-5-15(22(25)26)10-16(14)17(21)23/h4-5,10,13H,6-9,11-12H2,1-3H3. The molecule has 0 unspecified atom stereocenters. The number of ether oxygens (including phenoxy) is 1. The lowest BCUT2D eigenvalue weighted by molar-refractivity contribution is -0.384. The third-order valence-corrected chi connectivity index (χ3v) is 4.93. The van der Waals surface area contributed by atoms with Crippen molar-refractivity contribution in [1.29, 1.82) is 0 Å². The lowest BCUT2D eigenvalue weighted by Crippen LogP contribution is -2.43. The number of amides is 2. The van der Waals surface area contributed by atoms with Gasteiger partial charge in [0.1, 0.15) is 5.60 Å². The SMILES string of the molecule is CC(C)(C)OC(=O)N1CCC(CN2Cc3ccc([N+](=O)[O-])cc3C2=O)CC1. The third-order valence-electron chi connectivity index (χ3n) is 4.93. The summed E-state index contributed by atoms with van der Waals surface area (Å²) in [6.07, 6.45) is 1.32. The molecular formula is C19H25N3O5. The predicted molar refractivity (Wildman–Crippen MR) is 98.4 cm³/mol. The summed E-state index contributed by atoms with van der Waals surface area (Å²) in [5.74, 6) is 0.153. The van der Waals surface area contributed by atoms with Crippen LogP contribution in [0.4, 0.5) is 10.5 Å². The van der Waals surface area contributed by atoms with Crippen molar-refractivity contribution in [3.8, 4) is 0 Å². The van der Waals surface area contributed by atoms with Gasteiger partial charge in [-0.2, -0.15) is 0 Å². The minimum absolute atomic E-state index is 0.0605. The second kappa shape index (κ2) is 7.17. The van der Waals surface area contributed by atoms with Crippen LogP contribution in [0.5, 0.6) is 0 Å². The predicted octanol–water partition coefficient (Wildman–Crippen LogP) is 3.20. The van der Waals surface area contributed by atoms with E-state index in [1.54, 1.807) is 15.9 Å². The van der Waals surface area contributed by atoms with Gasteiger partial charge in [0.25, 0.3) is 11.6 Å². The molecule has 0 spiro atoms. The fraction of sp³-hybridized carbons (Fsp3) is 0.579. The molecule has 0 N–H and O–H groups in total. The van der Waals surface area contributed by atoms with Gasteiger partial charge in [0.2, 0.25) is 0 Å². The monoisotopic (exact) mass is 375 g/mol. The Morgan fingerprint density at radius 3 is 2.56 bits per heavy atom. The number of nitrogens with zero attached hydrogens (tertiary/aromatic N) is 3. The van der Waals surface area contributed by atoms with Gasteiger partial charge >= 0.3 is 6.09 Å². The van der Waals surface area contributed by atoms with Gasteiger partial charge in [0.05, 0.1) is 10.5 Å². The minimum atomic E-state index is -0.510. The molecule has 2 aliphatic rings. The maximum atomic E-state index is 12.6. The van der Waals surface area contributed by atoms with E-state index in [9.17, 15) is 19.7 Å². The summed E-state index contributed by atoms with van der Waals surface area (Å²) < 4.78 is 5.40. The van der Waals surface area contributed by atoms with Crippen LogP contribution in [0.1, 0.15) is 49.5 Å². The molecule has 8 nitrogen and oxygen atoms in total. The molecular weight excluding hydrogens is 350 g/mol. The number of non-ortho nitro benzene ring substituents is 1. The molecule has 2 heterocycles. The van der Waals surface area contributed by atoms with Crippen LogP contribution in [0.3, 0.4) is 0 Å². The number of rotatable bonds is 3. The highest BCUT2D eigenvalue weighted by Gasteiger charge is 2.33. The van der Waals surface area contributed by atoms with Crippen molar-refractivity contribution in [1.82, 2.24) is 9.80 Å². The molecule has 27 heavy (non-hydrogen) atoms. The zero-order chi connectivity index (χ0) is 19.8. The number of carbonyl (C=O) groups is 2. The van der Waals surface area contributed by atoms with E-state index >= 15 is 0 Å². The molecule has 3 rings (SSSR count). The number of benzene rings is 1. The Morgan fingerprint density at radius 2 is 1.96 bits per heavy atom. The number of nitro groups is 1. The Hall–Kier alpha value is -2.64. The first-order chi connectivity index (χ1) is 12.6. The number of piperidine rings is 1. The normalized spacial score (nSPS) is 17.8. The third kappa shape index (κ3) is 4.37. The van der Waals surface area contributed by atoms with Gasteiger partial charge in [-0.25, -0.2) is 4.79 Å². The van der Waals surface area contributed by atoms with E-state index in [4.69, 9.17) is 4.74 Å². The fourth-order valence-electron chi connectivity index (χ4n) is 3.55. The van der Waals surface area contributed by atoms with Gasteiger partial charge in [-0.05, 0) is 51.2 Å². The van der Waals surface area contributed by atoms with Crippen molar-refractivity contribution in [2.75, 3.05) is 19.6 Å². The zero-order valence-electron chi connectivity index (χ0n) is 15.9. The molecule has 8 heteroatoms. The molecule has 0 aliphatic carbocycles. The molecule has 0 atom stereocenters. The molecule has 1 aromatic carbocycles. The van der Waals surface area contributed by atoms with Crippen molar-refractivity contribution in [2.45, 2.75) is 45.8 Å². The Labute approximate surface area is 158 Å². The highest BCUT2D eigenvalue weighted by Crippen LogP contribution is 2.29. The van der Waals surface area contributed by atoms with Crippen LogP contribution < -0.4 is 0 Å². The number of likely N-dealkylation sites (tertiary alicyclic amines) is 1. The first-order valence-electron chi connectivity index (χ1n) is 9.18. The van der Waals surface area contributed by atoms with E-state index in [1.165, 1.54) is 12.1 Å². The highest BCUT2D eigenvalue weighted by atomic mass is 16.6. The summed E-state index contributed by atoms with van der Waals surface area (Å²) in [7, 11) is 0. The summed E-state index contributed by atoms with van der Waals surface area (Å²) in [6.45, 7) is 7.85. The van der Waals surface area contributed by atoms with Crippen LogP contribution in [-0.2, 0) is 11.3 Å². The van der Waals surface area contributed by atoms with E-state index < -0.39 is 10.5 Å². The molecule has 0 bridgehead atoms. The smallest absolute Gasteiger partial charge is 0.410 e. The summed E-state index contributed by atoms with van der Waals surface area (Å²) >= 11 is 0. The maximum Gasteiger partial charge on any atom is 0.410 e. The van der Waals surface area contributed by atoms with Crippen molar-refractivity contribution >= 4 is 17.7 Å². The topological polar surface area (TPSA) is 93.0 Å². The van der Waals surface area contributed by atoms with Crippen molar-refractivity contribution in [3.63, 3.8) is 0 Å². The van der Waals surface area contributed by atoms with Gasteiger partial charge < -0.3 is 14.5 Å². The van der Waals surface area contributed by atoms with Crippen molar-refractivity contribution in [3.05, 3.63) is 39.4 Å². The van der Waals surface area contributed by atoms with Crippen LogP contribution in [0.2, 0.25) is 0 Å². The number of nitro benzene ring substituents is 1. The van der Waals surface area contributed by atoms with E-state index in [2.05, 4.69) is 0 Å². The molecule has 146 valence electrons. The first-order valence-corrected chi connectivity index (χ1v) is 9.18. The van der Waals surface area contributed by atoms with Crippen LogP contribution in [-0.4, -0.2) is 52.0 Å². The number of hydrogen-bond donors (Lipinski definition) is 0. The lowest BCUT2D eigenvalue weighted by atomic mass is 9.96.